The first-order valence-electron chi connectivity index (χ1n) is 12.5. The minimum Gasteiger partial charge on any atom is -0.441 e. The van der Waals surface area contributed by atoms with Crippen molar-refractivity contribution in [2.75, 3.05) is 0 Å². The molecule has 1 aromatic heterocycles. The molecule has 0 saturated carbocycles. The number of rotatable bonds is 7. The van der Waals surface area contributed by atoms with Gasteiger partial charge in [0.2, 0.25) is 5.91 Å². The van der Waals surface area contributed by atoms with Gasteiger partial charge in [0.25, 0.3) is 0 Å². The van der Waals surface area contributed by atoms with Crippen LogP contribution in [0.25, 0.3) is 11.0 Å². The van der Waals surface area contributed by atoms with Crippen LogP contribution in [0.1, 0.15) is 59.0 Å². The SMILES string of the molecule is C[C@@H](C(=O)N1C(=O)OC(C)(C)[C@@H]1Cc1ccccc1)[C@@H](NS(=O)C(C)(C)C)c1nc2ccccc2n1C. The summed E-state index contributed by atoms with van der Waals surface area (Å²) in [6.45, 7) is 11.0. The third kappa shape index (κ3) is 5.33. The van der Waals surface area contributed by atoms with Crippen LogP contribution in [0.15, 0.2) is 54.6 Å². The number of hydrogen-bond donors (Lipinski definition) is 1. The van der Waals surface area contributed by atoms with E-state index in [2.05, 4.69) is 4.72 Å². The van der Waals surface area contributed by atoms with Gasteiger partial charge >= 0.3 is 6.09 Å². The lowest BCUT2D eigenvalue weighted by Gasteiger charge is -2.32. The van der Waals surface area contributed by atoms with Crippen LogP contribution in [0.5, 0.6) is 0 Å². The minimum absolute atomic E-state index is 0.396. The van der Waals surface area contributed by atoms with Crippen molar-refractivity contribution in [3.8, 4) is 0 Å². The first kappa shape index (κ1) is 27.0. The van der Waals surface area contributed by atoms with Crippen LogP contribution in [0, 0.1) is 5.92 Å². The van der Waals surface area contributed by atoms with Gasteiger partial charge < -0.3 is 9.30 Å². The Balaban J connectivity index is 1.73. The van der Waals surface area contributed by atoms with Gasteiger partial charge in [-0.25, -0.2) is 23.6 Å². The van der Waals surface area contributed by atoms with E-state index >= 15 is 0 Å². The summed E-state index contributed by atoms with van der Waals surface area (Å²) in [6, 6.07) is 16.2. The maximum absolute atomic E-state index is 14.1. The largest absolute Gasteiger partial charge is 0.441 e. The zero-order valence-corrected chi connectivity index (χ0v) is 23.3. The molecule has 3 aromatic rings. The number of aryl methyl sites for hydroxylation is 1. The van der Waals surface area contributed by atoms with E-state index in [0.29, 0.717) is 12.2 Å². The molecule has 1 aliphatic rings. The van der Waals surface area contributed by atoms with Crippen molar-refractivity contribution in [1.82, 2.24) is 19.2 Å². The number of carbonyl (C=O) groups excluding carboxylic acids is 2. The number of para-hydroxylation sites is 2. The fraction of sp³-hybridized carbons (Fsp3) is 0.464. The highest BCUT2D eigenvalue weighted by atomic mass is 32.2. The Kier molecular flexibility index (Phi) is 7.32. The van der Waals surface area contributed by atoms with E-state index in [-0.39, 0.29) is 0 Å². The zero-order valence-electron chi connectivity index (χ0n) is 22.5. The molecule has 1 aliphatic heterocycles. The van der Waals surface area contributed by atoms with Crippen molar-refractivity contribution in [1.29, 1.82) is 0 Å². The molecule has 1 fully saturated rings. The topological polar surface area (TPSA) is 93.5 Å². The average Bonchev–Trinajstić information content (AvgIpc) is 3.28. The molecule has 9 heteroatoms. The van der Waals surface area contributed by atoms with Gasteiger partial charge in [-0.15, -0.1) is 0 Å². The van der Waals surface area contributed by atoms with Gasteiger partial charge in [0.05, 0.1) is 44.8 Å². The summed E-state index contributed by atoms with van der Waals surface area (Å²) in [6.07, 6.45) is -0.195. The second-order valence-electron chi connectivity index (χ2n) is 11.2. The van der Waals surface area contributed by atoms with Crippen LogP contribution in [-0.4, -0.2) is 47.1 Å². The predicted octanol–water partition coefficient (Wildman–Crippen LogP) is 4.67. The third-order valence-corrected chi connectivity index (χ3v) is 8.53. The van der Waals surface area contributed by atoms with Crippen molar-refractivity contribution in [2.24, 2.45) is 13.0 Å². The van der Waals surface area contributed by atoms with Crippen LogP contribution in [0.2, 0.25) is 0 Å². The molecule has 0 radical (unpaired) electrons. The molecule has 1 saturated heterocycles. The van der Waals surface area contributed by atoms with Gasteiger partial charge in [-0.2, -0.15) is 0 Å². The number of hydrogen-bond acceptors (Lipinski definition) is 5. The summed E-state index contributed by atoms with van der Waals surface area (Å²) >= 11 is 0. The molecule has 37 heavy (non-hydrogen) atoms. The number of benzene rings is 2. The number of nitrogens with one attached hydrogen (secondary N) is 1. The summed E-state index contributed by atoms with van der Waals surface area (Å²) in [4.78, 5) is 33.2. The van der Waals surface area contributed by atoms with E-state index in [9.17, 15) is 13.8 Å². The van der Waals surface area contributed by atoms with Crippen molar-refractivity contribution < 1.29 is 18.5 Å². The fourth-order valence-electron chi connectivity index (χ4n) is 4.67. The third-order valence-electron chi connectivity index (χ3n) is 6.95. The standard InChI is InChI=1S/C28H36N4O4S/c1-18(25(33)32-22(28(5,6)36-26(32)34)17-19-13-9-8-10-14-19)23(30-37(35)27(2,3)4)24-29-20-15-11-12-16-21(20)31(24)7/h8-16,18,22-23,30H,17H2,1-7H3/t18-,22+,23-,37?/m1/s1. The smallest absolute Gasteiger partial charge is 0.417 e. The summed E-state index contributed by atoms with van der Waals surface area (Å²) in [5, 5.41) is 0. The number of cyclic esters (lactones) is 1. The molecule has 4 atom stereocenters. The van der Waals surface area contributed by atoms with Crippen molar-refractivity contribution in [3.63, 3.8) is 0 Å². The minimum atomic E-state index is -1.49. The normalized spacial score (nSPS) is 20.0. The number of ether oxygens (including phenoxy) is 1. The Morgan fingerprint density at radius 1 is 1.14 bits per heavy atom. The van der Waals surface area contributed by atoms with Gasteiger partial charge in [0.15, 0.2) is 0 Å². The van der Waals surface area contributed by atoms with Gasteiger partial charge in [0.1, 0.15) is 11.4 Å². The average molecular weight is 525 g/mol. The summed E-state index contributed by atoms with van der Waals surface area (Å²) in [7, 11) is 0.386. The summed E-state index contributed by atoms with van der Waals surface area (Å²) in [5.74, 6) is -0.584. The maximum atomic E-state index is 14.1. The second-order valence-corrected chi connectivity index (χ2v) is 13.2. The van der Waals surface area contributed by atoms with E-state index in [1.54, 1.807) is 6.92 Å². The molecule has 0 bridgehead atoms. The van der Waals surface area contributed by atoms with Gasteiger partial charge in [0, 0.05) is 7.05 Å². The molecule has 1 unspecified atom stereocenters. The van der Waals surface area contributed by atoms with Crippen LogP contribution >= 0.6 is 0 Å². The lowest BCUT2D eigenvalue weighted by molar-refractivity contribution is -0.134. The van der Waals surface area contributed by atoms with Crippen LogP contribution in [0.3, 0.4) is 0 Å². The van der Waals surface area contributed by atoms with Gasteiger partial charge in [-0.3, -0.25) is 4.79 Å². The highest BCUT2D eigenvalue weighted by Gasteiger charge is 2.52. The molecule has 2 heterocycles. The molecule has 2 amide bonds. The number of imidazole rings is 1. The summed E-state index contributed by atoms with van der Waals surface area (Å²) < 4.78 is 23.4. The Labute approximate surface area is 221 Å². The Morgan fingerprint density at radius 3 is 2.38 bits per heavy atom. The maximum Gasteiger partial charge on any atom is 0.417 e. The molecule has 0 aliphatic carbocycles. The molecular formula is C28H36N4O4S. The molecular weight excluding hydrogens is 488 g/mol. The van der Waals surface area contributed by atoms with Crippen LogP contribution in [-0.2, 0) is 34.0 Å². The van der Waals surface area contributed by atoms with E-state index in [0.717, 1.165) is 16.6 Å². The van der Waals surface area contributed by atoms with Crippen LogP contribution < -0.4 is 4.72 Å². The monoisotopic (exact) mass is 524 g/mol. The molecule has 8 nitrogen and oxygen atoms in total. The Hall–Kier alpha value is -3.04. The van der Waals surface area contributed by atoms with Crippen molar-refractivity contribution in [3.05, 3.63) is 66.0 Å². The first-order chi connectivity index (χ1) is 17.3. The highest BCUT2D eigenvalue weighted by molar-refractivity contribution is 7.84. The number of amides is 2. The lowest BCUT2D eigenvalue weighted by Crippen LogP contribution is -2.50. The molecule has 4 rings (SSSR count). The van der Waals surface area contributed by atoms with Crippen molar-refractivity contribution in [2.45, 2.75) is 70.4 Å². The Morgan fingerprint density at radius 2 is 1.76 bits per heavy atom. The van der Waals surface area contributed by atoms with E-state index in [4.69, 9.17) is 9.72 Å². The number of imide groups is 1. The van der Waals surface area contributed by atoms with Gasteiger partial charge in [-0.05, 0) is 58.7 Å². The molecule has 1 N–H and O–H groups in total. The molecule has 198 valence electrons. The fourth-order valence-corrected chi connectivity index (χ4v) is 5.57. The van der Waals surface area contributed by atoms with Crippen molar-refractivity contribution >= 4 is 34.0 Å². The van der Waals surface area contributed by atoms with E-state index in [1.807, 2.05) is 101 Å². The predicted molar refractivity (Wildman–Crippen MR) is 145 cm³/mol. The molecule has 0 spiro atoms. The van der Waals surface area contributed by atoms with Crippen LogP contribution in [0.4, 0.5) is 4.79 Å². The number of nitrogens with zero attached hydrogens (tertiary/aromatic N) is 3. The second kappa shape index (κ2) is 10.0. The Bertz CT molecular complexity index is 1330. The van der Waals surface area contributed by atoms with E-state index in [1.165, 1.54) is 4.90 Å². The highest BCUT2D eigenvalue weighted by Crippen LogP contribution is 2.35. The van der Waals surface area contributed by atoms with E-state index < -0.39 is 51.3 Å². The lowest BCUT2D eigenvalue weighted by atomic mass is 9.90. The zero-order chi connectivity index (χ0) is 27.1. The molecule has 2 aromatic carbocycles. The summed E-state index contributed by atoms with van der Waals surface area (Å²) in [5.41, 5.74) is 1.81. The van der Waals surface area contributed by atoms with Gasteiger partial charge in [-0.1, -0.05) is 49.4 Å². The number of aromatic nitrogens is 2. The quantitative estimate of drug-likeness (QED) is 0.485. The number of fused-ring (bicyclic) bond motifs is 1. The number of carbonyl (C=O) groups is 2. The first-order valence-corrected chi connectivity index (χ1v) is 13.7.